The Hall–Kier alpha value is -2.24. The number of nitrogens with one attached hydrogen (secondary N) is 2. The van der Waals surface area contributed by atoms with E-state index in [9.17, 15) is 4.79 Å². The summed E-state index contributed by atoms with van der Waals surface area (Å²) in [5.41, 5.74) is 1.54. The molecule has 0 aliphatic carbocycles. The van der Waals surface area contributed by atoms with Gasteiger partial charge in [0.05, 0.1) is 12.6 Å². The van der Waals surface area contributed by atoms with Gasteiger partial charge in [0.25, 0.3) is 0 Å². The highest BCUT2D eigenvalue weighted by atomic mass is 35.5. The van der Waals surface area contributed by atoms with E-state index < -0.39 is 0 Å². The lowest BCUT2D eigenvalue weighted by Crippen LogP contribution is -2.21. The van der Waals surface area contributed by atoms with Gasteiger partial charge in [-0.25, -0.2) is 0 Å². The van der Waals surface area contributed by atoms with Crippen LogP contribution in [0.3, 0.4) is 0 Å². The standard InChI is InChI=1S/C19H21ClN2O3/c20-14-6-8-15(9-7-14)21-12-19(23)22-16-3-1-4-17(11-16)25-13-18-5-2-10-24-18/h1,3-4,6-9,11,18,21H,2,5,10,12-13H2,(H,22,23). The van der Waals surface area contributed by atoms with Crippen LogP contribution < -0.4 is 15.4 Å². The zero-order valence-corrected chi connectivity index (χ0v) is 14.6. The molecule has 0 radical (unpaired) electrons. The second kappa shape index (κ2) is 8.74. The van der Waals surface area contributed by atoms with Gasteiger partial charge >= 0.3 is 0 Å². The molecule has 1 unspecified atom stereocenters. The summed E-state index contributed by atoms with van der Waals surface area (Å²) >= 11 is 5.84. The number of halogens is 1. The second-order valence-corrected chi connectivity index (χ2v) is 6.32. The van der Waals surface area contributed by atoms with Crippen molar-refractivity contribution in [3.8, 4) is 5.75 Å². The van der Waals surface area contributed by atoms with E-state index in [0.29, 0.717) is 17.3 Å². The first-order valence-corrected chi connectivity index (χ1v) is 8.70. The molecule has 1 heterocycles. The molecule has 0 saturated carbocycles. The van der Waals surface area contributed by atoms with E-state index in [-0.39, 0.29) is 18.6 Å². The lowest BCUT2D eigenvalue weighted by atomic mass is 10.2. The van der Waals surface area contributed by atoms with Gasteiger partial charge in [-0.05, 0) is 49.2 Å². The molecule has 0 spiro atoms. The predicted octanol–water partition coefficient (Wildman–Crippen LogP) is 3.95. The maximum absolute atomic E-state index is 12.1. The van der Waals surface area contributed by atoms with Gasteiger partial charge in [-0.2, -0.15) is 0 Å². The summed E-state index contributed by atoms with van der Waals surface area (Å²) < 4.78 is 11.3. The van der Waals surface area contributed by atoms with Gasteiger partial charge in [0.1, 0.15) is 12.4 Å². The van der Waals surface area contributed by atoms with Crippen molar-refractivity contribution >= 4 is 28.9 Å². The van der Waals surface area contributed by atoms with Gasteiger partial charge in [-0.3, -0.25) is 4.79 Å². The van der Waals surface area contributed by atoms with Gasteiger partial charge in [0, 0.05) is 29.1 Å². The molecule has 2 aromatic rings. The van der Waals surface area contributed by atoms with Gasteiger partial charge in [0.2, 0.25) is 5.91 Å². The summed E-state index contributed by atoms with van der Waals surface area (Å²) in [4.78, 5) is 12.1. The highest BCUT2D eigenvalue weighted by Crippen LogP contribution is 2.20. The maximum atomic E-state index is 12.1. The van der Waals surface area contributed by atoms with Crippen LogP contribution in [0.25, 0.3) is 0 Å². The van der Waals surface area contributed by atoms with E-state index in [1.54, 1.807) is 12.1 Å². The molecule has 1 fully saturated rings. The molecule has 1 amide bonds. The van der Waals surface area contributed by atoms with Crippen LogP contribution in [0.1, 0.15) is 12.8 Å². The molecule has 2 N–H and O–H groups in total. The van der Waals surface area contributed by atoms with Crippen molar-refractivity contribution in [1.82, 2.24) is 0 Å². The van der Waals surface area contributed by atoms with Crippen molar-refractivity contribution in [1.29, 1.82) is 0 Å². The zero-order valence-electron chi connectivity index (χ0n) is 13.8. The fourth-order valence-corrected chi connectivity index (χ4v) is 2.71. The van der Waals surface area contributed by atoms with Crippen LogP contribution >= 0.6 is 11.6 Å². The van der Waals surface area contributed by atoms with E-state index in [0.717, 1.165) is 30.9 Å². The zero-order chi connectivity index (χ0) is 17.5. The Morgan fingerprint density at radius 2 is 2.04 bits per heavy atom. The molecule has 3 rings (SSSR count). The molecular weight excluding hydrogens is 340 g/mol. The number of amides is 1. The number of rotatable bonds is 7. The number of anilines is 2. The topological polar surface area (TPSA) is 59.6 Å². The van der Waals surface area contributed by atoms with E-state index >= 15 is 0 Å². The molecule has 132 valence electrons. The third-order valence-electron chi connectivity index (χ3n) is 3.87. The highest BCUT2D eigenvalue weighted by molar-refractivity contribution is 6.30. The van der Waals surface area contributed by atoms with Crippen LogP contribution in [-0.4, -0.2) is 31.8 Å². The third kappa shape index (κ3) is 5.66. The Balaban J connectivity index is 1.47. The smallest absolute Gasteiger partial charge is 0.243 e. The fraction of sp³-hybridized carbons (Fsp3) is 0.316. The Morgan fingerprint density at radius 3 is 2.80 bits per heavy atom. The summed E-state index contributed by atoms with van der Waals surface area (Å²) in [6.45, 7) is 1.52. The maximum Gasteiger partial charge on any atom is 0.243 e. The number of hydrogen-bond acceptors (Lipinski definition) is 4. The fourth-order valence-electron chi connectivity index (χ4n) is 2.58. The van der Waals surface area contributed by atoms with Crippen molar-refractivity contribution in [3.05, 3.63) is 53.6 Å². The third-order valence-corrected chi connectivity index (χ3v) is 4.13. The van der Waals surface area contributed by atoms with Crippen molar-refractivity contribution in [2.75, 3.05) is 30.4 Å². The SMILES string of the molecule is O=C(CNc1ccc(Cl)cc1)Nc1cccc(OCC2CCCO2)c1. The minimum atomic E-state index is -0.133. The normalized spacial score (nSPS) is 16.4. The van der Waals surface area contributed by atoms with Gasteiger partial charge < -0.3 is 20.1 Å². The number of benzene rings is 2. The van der Waals surface area contributed by atoms with Crippen molar-refractivity contribution in [2.24, 2.45) is 0 Å². The van der Waals surface area contributed by atoms with Gasteiger partial charge in [-0.15, -0.1) is 0 Å². The largest absolute Gasteiger partial charge is 0.491 e. The monoisotopic (exact) mass is 360 g/mol. The predicted molar refractivity (Wildman–Crippen MR) is 99.5 cm³/mol. The van der Waals surface area contributed by atoms with Crippen LogP contribution in [0.4, 0.5) is 11.4 Å². The lowest BCUT2D eigenvalue weighted by Gasteiger charge is -2.13. The molecule has 1 saturated heterocycles. The Morgan fingerprint density at radius 1 is 1.20 bits per heavy atom. The van der Waals surface area contributed by atoms with Crippen LogP contribution in [0.5, 0.6) is 5.75 Å². The lowest BCUT2D eigenvalue weighted by molar-refractivity contribution is -0.114. The number of carbonyl (C=O) groups is 1. The molecule has 0 bridgehead atoms. The molecule has 5 nitrogen and oxygen atoms in total. The number of hydrogen-bond donors (Lipinski definition) is 2. The van der Waals surface area contributed by atoms with Gasteiger partial charge in [-0.1, -0.05) is 17.7 Å². The summed E-state index contributed by atoms with van der Waals surface area (Å²) in [6.07, 6.45) is 2.29. The van der Waals surface area contributed by atoms with Crippen LogP contribution in [0.15, 0.2) is 48.5 Å². The molecule has 6 heteroatoms. The first-order valence-electron chi connectivity index (χ1n) is 8.33. The molecule has 25 heavy (non-hydrogen) atoms. The molecule has 2 aromatic carbocycles. The van der Waals surface area contributed by atoms with Crippen LogP contribution in [-0.2, 0) is 9.53 Å². The van der Waals surface area contributed by atoms with Crippen molar-refractivity contribution in [2.45, 2.75) is 18.9 Å². The molecule has 1 atom stereocenters. The summed E-state index contributed by atoms with van der Waals surface area (Å²) in [6, 6.07) is 14.6. The molecule has 0 aromatic heterocycles. The Kier molecular flexibility index (Phi) is 6.14. The highest BCUT2D eigenvalue weighted by Gasteiger charge is 2.16. The average molecular weight is 361 g/mol. The number of carbonyl (C=O) groups excluding carboxylic acids is 1. The second-order valence-electron chi connectivity index (χ2n) is 5.88. The van der Waals surface area contributed by atoms with E-state index in [1.807, 2.05) is 36.4 Å². The van der Waals surface area contributed by atoms with Crippen molar-refractivity contribution < 1.29 is 14.3 Å². The minimum Gasteiger partial charge on any atom is -0.491 e. The quantitative estimate of drug-likeness (QED) is 0.785. The molecule has 1 aliphatic rings. The Labute approximate surface area is 152 Å². The average Bonchev–Trinajstić information content (AvgIpc) is 3.13. The van der Waals surface area contributed by atoms with Crippen LogP contribution in [0, 0.1) is 0 Å². The molecule has 1 aliphatic heterocycles. The number of ether oxygens (including phenoxy) is 2. The summed E-state index contributed by atoms with van der Waals surface area (Å²) in [5.74, 6) is 0.588. The van der Waals surface area contributed by atoms with Gasteiger partial charge in [0.15, 0.2) is 0 Å². The molecular formula is C19H21ClN2O3. The van der Waals surface area contributed by atoms with E-state index in [2.05, 4.69) is 10.6 Å². The minimum absolute atomic E-state index is 0.133. The first kappa shape index (κ1) is 17.6. The Bertz CT molecular complexity index is 700. The first-order chi connectivity index (χ1) is 12.2. The van der Waals surface area contributed by atoms with E-state index in [1.165, 1.54) is 0 Å². The van der Waals surface area contributed by atoms with E-state index in [4.69, 9.17) is 21.1 Å². The van der Waals surface area contributed by atoms with Crippen molar-refractivity contribution in [3.63, 3.8) is 0 Å². The van der Waals surface area contributed by atoms with Crippen LogP contribution in [0.2, 0.25) is 5.02 Å². The summed E-state index contributed by atoms with van der Waals surface area (Å²) in [5, 5.41) is 6.57. The summed E-state index contributed by atoms with van der Waals surface area (Å²) in [7, 11) is 0.